The van der Waals surface area contributed by atoms with Crippen molar-refractivity contribution in [1.82, 2.24) is 20.4 Å². The van der Waals surface area contributed by atoms with Crippen LogP contribution in [-0.4, -0.2) is 74.7 Å². The smallest absolute Gasteiger partial charge is 0.191 e. The van der Waals surface area contributed by atoms with E-state index < -0.39 is 0 Å². The van der Waals surface area contributed by atoms with Crippen LogP contribution in [0.3, 0.4) is 0 Å². The molecule has 0 radical (unpaired) electrons. The van der Waals surface area contributed by atoms with E-state index >= 15 is 0 Å². The van der Waals surface area contributed by atoms with Crippen LogP contribution in [0, 0.1) is 0 Å². The largest absolute Gasteiger partial charge is 0.355 e. The first-order valence-corrected chi connectivity index (χ1v) is 8.74. The molecule has 0 unspecified atom stereocenters. The lowest BCUT2D eigenvalue weighted by Gasteiger charge is -2.26. The number of likely N-dealkylation sites (tertiary alicyclic amines) is 1. The number of likely N-dealkylation sites (N-methyl/N-ethyl adjacent to an activating group) is 1. The Labute approximate surface area is 153 Å². The zero-order valence-corrected chi connectivity index (χ0v) is 16.6. The van der Waals surface area contributed by atoms with Gasteiger partial charge in [0, 0.05) is 39.3 Å². The Morgan fingerprint density at radius 1 is 1.14 bits per heavy atom. The zero-order chi connectivity index (χ0) is 14.9. The number of piperidine rings is 1. The molecular weight excluding hydrogens is 389 g/mol. The van der Waals surface area contributed by atoms with E-state index in [1.54, 1.807) is 0 Å². The van der Waals surface area contributed by atoms with Gasteiger partial charge in [-0.3, -0.25) is 9.89 Å². The first kappa shape index (κ1) is 20.0. The van der Waals surface area contributed by atoms with Crippen molar-refractivity contribution < 1.29 is 0 Å². The molecule has 6 heteroatoms. The average Bonchev–Trinajstić information content (AvgIpc) is 3.35. The quantitative estimate of drug-likeness (QED) is 0.355. The van der Waals surface area contributed by atoms with E-state index in [4.69, 9.17) is 0 Å². The molecule has 5 nitrogen and oxygen atoms in total. The third-order valence-corrected chi connectivity index (χ3v) is 4.55. The van der Waals surface area contributed by atoms with Gasteiger partial charge in [0.15, 0.2) is 5.96 Å². The van der Waals surface area contributed by atoms with Crippen molar-refractivity contribution in [2.45, 2.75) is 45.1 Å². The molecule has 0 bridgehead atoms. The number of nitrogens with one attached hydrogen (secondary N) is 2. The van der Waals surface area contributed by atoms with E-state index in [0.717, 1.165) is 44.7 Å². The summed E-state index contributed by atoms with van der Waals surface area (Å²) in [7, 11) is 1.86. The minimum Gasteiger partial charge on any atom is -0.355 e. The van der Waals surface area contributed by atoms with Crippen LogP contribution in [0.15, 0.2) is 4.99 Å². The molecule has 0 aromatic carbocycles. The number of hydrogen-bond donors (Lipinski definition) is 2. The lowest BCUT2D eigenvalue weighted by atomic mass is 10.1. The Morgan fingerprint density at radius 3 is 2.41 bits per heavy atom. The Balaban J connectivity index is 0.00000242. The highest BCUT2D eigenvalue weighted by molar-refractivity contribution is 14.0. The molecule has 2 aliphatic rings. The van der Waals surface area contributed by atoms with E-state index in [0.29, 0.717) is 0 Å². The molecule has 2 rings (SSSR count). The Morgan fingerprint density at radius 2 is 1.82 bits per heavy atom. The fraction of sp³-hybridized carbons (Fsp3) is 0.938. The molecule has 2 N–H and O–H groups in total. The fourth-order valence-corrected chi connectivity index (χ4v) is 3.09. The molecule has 0 atom stereocenters. The van der Waals surface area contributed by atoms with Crippen LogP contribution in [0.2, 0.25) is 0 Å². The lowest BCUT2D eigenvalue weighted by molar-refractivity contribution is 0.232. The van der Waals surface area contributed by atoms with Crippen molar-refractivity contribution in [3.63, 3.8) is 0 Å². The second-order valence-corrected chi connectivity index (χ2v) is 6.19. The number of rotatable bonds is 8. The van der Waals surface area contributed by atoms with E-state index in [9.17, 15) is 0 Å². The standard InChI is InChI=1S/C16H33N5.HI/c1-3-21(15-7-8-15)14-10-19-16(17-2)18-9-13-20-11-5-4-6-12-20;/h15H,3-14H2,1-2H3,(H2,17,18,19);1H. The predicted molar refractivity (Wildman–Crippen MR) is 105 cm³/mol. The highest BCUT2D eigenvalue weighted by Crippen LogP contribution is 2.25. The van der Waals surface area contributed by atoms with Crippen LogP contribution < -0.4 is 10.6 Å². The summed E-state index contributed by atoms with van der Waals surface area (Å²) < 4.78 is 0. The number of aliphatic imine (C=N–C) groups is 1. The number of guanidine groups is 1. The summed E-state index contributed by atoms with van der Waals surface area (Å²) in [5, 5.41) is 6.87. The van der Waals surface area contributed by atoms with Gasteiger partial charge in [-0.15, -0.1) is 24.0 Å². The van der Waals surface area contributed by atoms with E-state index in [-0.39, 0.29) is 24.0 Å². The van der Waals surface area contributed by atoms with E-state index in [1.165, 1.54) is 45.2 Å². The summed E-state index contributed by atoms with van der Waals surface area (Å²) in [6, 6.07) is 0.853. The molecule has 1 heterocycles. The fourth-order valence-electron chi connectivity index (χ4n) is 3.09. The SMILES string of the molecule is CCN(CCNC(=NC)NCCN1CCCCC1)C1CC1.I. The predicted octanol–water partition coefficient (Wildman–Crippen LogP) is 1.74. The molecule has 2 fully saturated rings. The summed E-state index contributed by atoms with van der Waals surface area (Å²) >= 11 is 0. The maximum Gasteiger partial charge on any atom is 0.191 e. The van der Waals surface area contributed by atoms with Gasteiger partial charge >= 0.3 is 0 Å². The van der Waals surface area contributed by atoms with Crippen molar-refractivity contribution in [3.8, 4) is 0 Å². The van der Waals surface area contributed by atoms with Gasteiger partial charge in [0.1, 0.15) is 0 Å². The first-order chi connectivity index (χ1) is 10.3. The molecule has 1 aliphatic carbocycles. The van der Waals surface area contributed by atoms with Gasteiger partial charge in [-0.05, 0) is 45.3 Å². The number of nitrogens with zero attached hydrogens (tertiary/aromatic N) is 3. The maximum atomic E-state index is 4.31. The molecule has 0 amide bonds. The van der Waals surface area contributed by atoms with Crippen molar-refractivity contribution in [2.24, 2.45) is 4.99 Å². The topological polar surface area (TPSA) is 42.9 Å². The van der Waals surface area contributed by atoms with Crippen molar-refractivity contribution in [2.75, 3.05) is 52.9 Å². The number of halogens is 1. The van der Waals surface area contributed by atoms with Gasteiger partial charge in [-0.1, -0.05) is 13.3 Å². The van der Waals surface area contributed by atoms with Crippen LogP contribution in [-0.2, 0) is 0 Å². The summed E-state index contributed by atoms with van der Waals surface area (Å²) in [6.45, 7) is 10.2. The van der Waals surface area contributed by atoms with Crippen molar-refractivity contribution in [1.29, 1.82) is 0 Å². The normalized spacial score (nSPS) is 19.9. The van der Waals surface area contributed by atoms with Gasteiger partial charge < -0.3 is 15.5 Å². The summed E-state index contributed by atoms with van der Waals surface area (Å²) in [4.78, 5) is 9.43. The highest BCUT2D eigenvalue weighted by atomic mass is 127. The van der Waals surface area contributed by atoms with Crippen LogP contribution in [0.25, 0.3) is 0 Å². The van der Waals surface area contributed by atoms with Crippen molar-refractivity contribution >= 4 is 29.9 Å². The second kappa shape index (κ2) is 11.5. The molecule has 1 aliphatic heterocycles. The molecule has 1 saturated carbocycles. The first-order valence-electron chi connectivity index (χ1n) is 8.74. The highest BCUT2D eigenvalue weighted by Gasteiger charge is 2.27. The monoisotopic (exact) mass is 423 g/mol. The van der Waals surface area contributed by atoms with Gasteiger partial charge in [-0.25, -0.2) is 0 Å². The summed E-state index contributed by atoms with van der Waals surface area (Å²) in [5.41, 5.74) is 0. The summed E-state index contributed by atoms with van der Waals surface area (Å²) in [5.74, 6) is 0.943. The maximum absolute atomic E-state index is 4.31. The van der Waals surface area contributed by atoms with E-state index in [1.807, 2.05) is 7.05 Å². The lowest BCUT2D eigenvalue weighted by Crippen LogP contribution is -2.45. The molecule has 0 aromatic rings. The van der Waals surface area contributed by atoms with Crippen LogP contribution in [0.4, 0.5) is 0 Å². The third kappa shape index (κ3) is 7.46. The van der Waals surface area contributed by atoms with Gasteiger partial charge in [-0.2, -0.15) is 0 Å². The molecule has 22 heavy (non-hydrogen) atoms. The molecular formula is C16H34IN5. The molecule has 130 valence electrons. The van der Waals surface area contributed by atoms with Crippen LogP contribution in [0.5, 0.6) is 0 Å². The van der Waals surface area contributed by atoms with E-state index in [2.05, 4.69) is 32.3 Å². The van der Waals surface area contributed by atoms with Crippen LogP contribution >= 0.6 is 24.0 Å². The van der Waals surface area contributed by atoms with Gasteiger partial charge in [0.05, 0.1) is 0 Å². The zero-order valence-electron chi connectivity index (χ0n) is 14.3. The summed E-state index contributed by atoms with van der Waals surface area (Å²) in [6.07, 6.45) is 6.90. The third-order valence-electron chi connectivity index (χ3n) is 4.55. The van der Waals surface area contributed by atoms with Crippen LogP contribution in [0.1, 0.15) is 39.0 Å². The Kier molecular flexibility index (Phi) is 10.4. The molecule has 0 aromatic heterocycles. The average molecular weight is 423 g/mol. The van der Waals surface area contributed by atoms with Crippen molar-refractivity contribution in [3.05, 3.63) is 0 Å². The van der Waals surface area contributed by atoms with Gasteiger partial charge in [0.25, 0.3) is 0 Å². The number of hydrogen-bond acceptors (Lipinski definition) is 3. The minimum absolute atomic E-state index is 0. The molecule has 1 saturated heterocycles. The Hall–Kier alpha value is -0.0800. The second-order valence-electron chi connectivity index (χ2n) is 6.19. The Bertz CT molecular complexity index is 314. The minimum atomic E-state index is 0. The molecule has 0 spiro atoms. The van der Waals surface area contributed by atoms with Gasteiger partial charge in [0.2, 0.25) is 0 Å².